The van der Waals surface area contributed by atoms with Crippen LogP contribution in [0.5, 0.6) is 0 Å². The zero-order chi connectivity index (χ0) is 14.1. The normalized spacial score (nSPS) is 10.7. The first-order valence-corrected chi connectivity index (χ1v) is 6.91. The number of carbonyl (C=O) groups is 1. The summed E-state index contributed by atoms with van der Waals surface area (Å²) in [6.07, 6.45) is 1.58. The lowest BCUT2D eigenvalue weighted by Gasteiger charge is -2.07. The summed E-state index contributed by atoms with van der Waals surface area (Å²) in [6, 6.07) is 9.44. The number of H-pyrrole nitrogens is 1. The van der Waals surface area contributed by atoms with Gasteiger partial charge in [0.25, 0.3) is 5.91 Å². The van der Waals surface area contributed by atoms with Gasteiger partial charge < -0.3 is 10.3 Å². The minimum absolute atomic E-state index is 0.244. The molecule has 2 N–H and O–H groups in total. The molecule has 1 heterocycles. The van der Waals surface area contributed by atoms with Crippen LogP contribution in [0.4, 0.5) is 10.1 Å². The van der Waals surface area contributed by atoms with Crippen molar-refractivity contribution >= 4 is 45.2 Å². The summed E-state index contributed by atoms with van der Waals surface area (Å²) in [5.74, 6) is -0.572. The summed E-state index contributed by atoms with van der Waals surface area (Å²) in [7, 11) is 0. The van der Waals surface area contributed by atoms with Gasteiger partial charge in [-0.05, 0) is 59.0 Å². The van der Waals surface area contributed by atoms with Gasteiger partial charge in [-0.3, -0.25) is 4.79 Å². The molecule has 0 fully saturated rings. The molecule has 3 aromatic rings. The van der Waals surface area contributed by atoms with Crippen molar-refractivity contribution in [2.45, 2.75) is 0 Å². The van der Waals surface area contributed by atoms with Gasteiger partial charge in [-0.2, -0.15) is 0 Å². The van der Waals surface area contributed by atoms with Crippen molar-refractivity contribution in [2.24, 2.45) is 0 Å². The molecule has 100 valence electrons. The van der Waals surface area contributed by atoms with E-state index in [1.54, 1.807) is 30.6 Å². The number of amides is 1. The summed E-state index contributed by atoms with van der Waals surface area (Å²) >= 11 is 1.98. The monoisotopic (exact) mass is 381 g/mol. The molecular weight excluding hydrogens is 372 g/mol. The van der Waals surface area contributed by atoms with Crippen LogP contribution in [0.25, 0.3) is 11.0 Å². The van der Waals surface area contributed by atoms with Crippen molar-refractivity contribution in [3.63, 3.8) is 0 Å². The molecule has 4 nitrogen and oxygen atoms in total. The number of hydrogen-bond acceptors (Lipinski definition) is 2. The minimum atomic E-state index is -0.328. The van der Waals surface area contributed by atoms with Crippen LogP contribution < -0.4 is 5.32 Å². The maximum Gasteiger partial charge on any atom is 0.255 e. The van der Waals surface area contributed by atoms with Crippen LogP contribution in [0.3, 0.4) is 0 Å². The molecule has 1 aromatic heterocycles. The number of nitrogens with zero attached hydrogens (tertiary/aromatic N) is 1. The topological polar surface area (TPSA) is 57.8 Å². The van der Waals surface area contributed by atoms with E-state index < -0.39 is 0 Å². The van der Waals surface area contributed by atoms with Gasteiger partial charge in [0.15, 0.2) is 0 Å². The van der Waals surface area contributed by atoms with E-state index in [2.05, 4.69) is 15.3 Å². The zero-order valence-electron chi connectivity index (χ0n) is 10.2. The van der Waals surface area contributed by atoms with Crippen molar-refractivity contribution in [1.82, 2.24) is 9.97 Å². The number of carbonyl (C=O) groups excluding carboxylic acids is 1. The Balaban J connectivity index is 1.88. The van der Waals surface area contributed by atoms with Crippen molar-refractivity contribution in [3.8, 4) is 0 Å². The van der Waals surface area contributed by atoms with Gasteiger partial charge in [-0.25, -0.2) is 9.37 Å². The predicted molar refractivity (Wildman–Crippen MR) is 83.2 cm³/mol. The molecule has 20 heavy (non-hydrogen) atoms. The van der Waals surface area contributed by atoms with Gasteiger partial charge in [-0.1, -0.05) is 0 Å². The average Bonchev–Trinajstić information content (AvgIpc) is 2.89. The van der Waals surface area contributed by atoms with E-state index in [0.717, 1.165) is 11.0 Å². The van der Waals surface area contributed by atoms with E-state index in [0.29, 0.717) is 14.8 Å². The van der Waals surface area contributed by atoms with E-state index >= 15 is 0 Å². The van der Waals surface area contributed by atoms with E-state index in [-0.39, 0.29) is 11.7 Å². The SMILES string of the molecule is O=C(Nc1ccc(F)cc1I)c1ccc2nc[nH]c2c1. The molecule has 0 spiro atoms. The molecule has 0 atom stereocenters. The molecule has 0 aliphatic carbocycles. The van der Waals surface area contributed by atoms with E-state index in [1.807, 2.05) is 22.6 Å². The first kappa shape index (κ1) is 13.0. The van der Waals surface area contributed by atoms with Crippen molar-refractivity contribution < 1.29 is 9.18 Å². The van der Waals surface area contributed by atoms with Gasteiger partial charge in [0.05, 0.1) is 23.0 Å². The predicted octanol–water partition coefficient (Wildman–Crippen LogP) is 3.56. The Hall–Kier alpha value is -1.96. The maximum absolute atomic E-state index is 13.0. The van der Waals surface area contributed by atoms with Crippen LogP contribution in [0.15, 0.2) is 42.7 Å². The number of aromatic nitrogens is 2. The van der Waals surface area contributed by atoms with Crippen molar-refractivity contribution in [1.29, 1.82) is 0 Å². The molecule has 3 rings (SSSR count). The highest BCUT2D eigenvalue weighted by molar-refractivity contribution is 14.1. The maximum atomic E-state index is 13.0. The van der Waals surface area contributed by atoms with Gasteiger partial charge in [0, 0.05) is 9.13 Å². The van der Waals surface area contributed by atoms with Gasteiger partial charge in [0.1, 0.15) is 5.82 Å². The second-order valence-electron chi connectivity index (χ2n) is 4.21. The largest absolute Gasteiger partial charge is 0.345 e. The average molecular weight is 381 g/mol. The second kappa shape index (κ2) is 5.20. The summed E-state index contributed by atoms with van der Waals surface area (Å²) in [5.41, 5.74) is 2.70. The standard InChI is InChI=1S/C14H9FIN3O/c15-9-2-4-11(10(16)6-9)19-14(20)8-1-3-12-13(5-8)18-7-17-12/h1-7H,(H,17,18)(H,19,20). The number of nitrogens with one attached hydrogen (secondary N) is 2. The van der Waals surface area contributed by atoms with Crippen LogP contribution in [0.1, 0.15) is 10.4 Å². The summed E-state index contributed by atoms with van der Waals surface area (Å²) in [4.78, 5) is 19.2. The number of halogens is 2. The molecule has 1 amide bonds. The number of rotatable bonds is 2. The Morgan fingerprint density at radius 1 is 1.25 bits per heavy atom. The molecule has 2 aromatic carbocycles. The second-order valence-corrected chi connectivity index (χ2v) is 5.37. The Bertz CT molecular complexity index is 800. The fourth-order valence-corrected chi connectivity index (χ4v) is 2.47. The molecule has 0 aliphatic rings. The lowest BCUT2D eigenvalue weighted by atomic mass is 10.2. The highest BCUT2D eigenvalue weighted by Gasteiger charge is 2.10. The molecule has 0 bridgehead atoms. The number of fused-ring (bicyclic) bond motifs is 1. The van der Waals surface area contributed by atoms with Crippen molar-refractivity contribution in [2.75, 3.05) is 5.32 Å². The third-order valence-corrected chi connectivity index (χ3v) is 3.75. The van der Waals surface area contributed by atoms with Crippen LogP contribution >= 0.6 is 22.6 Å². The smallest absolute Gasteiger partial charge is 0.255 e. The van der Waals surface area contributed by atoms with E-state index in [4.69, 9.17) is 0 Å². The lowest BCUT2D eigenvalue weighted by molar-refractivity contribution is 0.102. The van der Waals surface area contributed by atoms with Gasteiger partial charge >= 0.3 is 0 Å². The molecule has 0 radical (unpaired) electrons. The molecule has 6 heteroatoms. The Kier molecular flexibility index (Phi) is 3.39. The third kappa shape index (κ3) is 2.51. The van der Waals surface area contributed by atoms with Crippen LogP contribution in [0, 0.1) is 9.39 Å². The fourth-order valence-electron chi connectivity index (χ4n) is 1.86. The van der Waals surface area contributed by atoms with Gasteiger partial charge in [0.2, 0.25) is 0 Å². The highest BCUT2D eigenvalue weighted by Crippen LogP contribution is 2.20. The number of benzene rings is 2. The summed E-state index contributed by atoms with van der Waals surface area (Å²) in [6.45, 7) is 0. The first-order valence-electron chi connectivity index (χ1n) is 5.83. The Morgan fingerprint density at radius 2 is 2.10 bits per heavy atom. The lowest BCUT2D eigenvalue weighted by Crippen LogP contribution is -2.12. The minimum Gasteiger partial charge on any atom is -0.345 e. The Morgan fingerprint density at radius 3 is 2.90 bits per heavy atom. The number of anilines is 1. The zero-order valence-corrected chi connectivity index (χ0v) is 12.3. The van der Waals surface area contributed by atoms with Crippen molar-refractivity contribution in [3.05, 3.63) is 57.7 Å². The van der Waals surface area contributed by atoms with E-state index in [9.17, 15) is 9.18 Å². The first-order chi connectivity index (χ1) is 9.63. The fraction of sp³-hybridized carbons (Fsp3) is 0. The highest BCUT2D eigenvalue weighted by atomic mass is 127. The molecule has 0 unspecified atom stereocenters. The Labute approximate surface area is 127 Å². The third-order valence-electron chi connectivity index (χ3n) is 2.86. The summed E-state index contributed by atoms with van der Waals surface area (Å²) < 4.78 is 13.7. The van der Waals surface area contributed by atoms with Crippen LogP contribution in [-0.2, 0) is 0 Å². The van der Waals surface area contributed by atoms with Gasteiger partial charge in [-0.15, -0.1) is 0 Å². The summed E-state index contributed by atoms with van der Waals surface area (Å²) in [5, 5.41) is 2.76. The molecule has 0 saturated heterocycles. The number of hydrogen-bond donors (Lipinski definition) is 2. The van der Waals surface area contributed by atoms with Crippen LogP contribution in [-0.4, -0.2) is 15.9 Å². The van der Waals surface area contributed by atoms with Crippen LogP contribution in [0.2, 0.25) is 0 Å². The number of imidazole rings is 1. The molecule has 0 saturated carbocycles. The molecule has 0 aliphatic heterocycles. The molecular formula is C14H9FIN3O. The quantitative estimate of drug-likeness (QED) is 0.667. The van der Waals surface area contributed by atoms with E-state index in [1.165, 1.54) is 12.1 Å². The number of aromatic amines is 1.